The van der Waals surface area contributed by atoms with E-state index in [0.29, 0.717) is 0 Å². The average Bonchev–Trinajstić information content (AvgIpc) is 3.33. The summed E-state index contributed by atoms with van der Waals surface area (Å²) in [6.07, 6.45) is 3.32. The predicted octanol–water partition coefficient (Wildman–Crippen LogP) is 2.85. The van der Waals surface area contributed by atoms with Gasteiger partial charge in [0.25, 0.3) is 5.56 Å². The number of hydrogen-bond acceptors (Lipinski definition) is 6. The molecule has 3 aromatic heterocycles. The molecule has 0 aromatic carbocycles. The molecule has 0 unspecified atom stereocenters. The second-order valence-electron chi connectivity index (χ2n) is 7.18. The summed E-state index contributed by atoms with van der Waals surface area (Å²) in [6.45, 7) is 5.96. The first-order chi connectivity index (χ1) is 12.8. The molecule has 136 valence electrons. The highest BCUT2D eigenvalue weighted by molar-refractivity contribution is 7.18. The van der Waals surface area contributed by atoms with Gasteiger partial charge in [-0.2, -0.15) is 0 Å². The number of aromatic amines is 1. The van der Waals surface area contributed by atoms with Crippen LogP contribution in [-0.4, -0.2) is 45.9 Å². The Morgan fingerprint density at radius 2 is 1.92 bits per heavy atom. The van der Waals surface area contributed by atoms with E-state index in [0.717, 1.165) is 68.2 Å². The van der Waals surface area contributed by atoms with Crippen LogP contribution >= 0.6 is 22.7 Å². The summed E-state index contributed by atoms with van der Waals surface area (Å²) < 4.78 is 0. The van der Waals surface area contributed by atoms with Gasteiger partial charge in [0.1, 0.15) is 10.7 Å². The number of rotatable bonds is 4. The molecular formula is C19H22N4OS2. The summed E-state index contributed by atoms with van der Waals surface area (Å²) in [5.41, 5.74) is 1.31. The normalized spacial score (nSPS) is 18.6. The van der Waals surface area contributed by atoms with E-state index in [1.807, 2.05) is 11.3 Å². The molecule has 0 atom stereocenters. The van der Waals surface area contributed by atoms with Crippen molar-refractivity contribution in [2.45, 2.75) is 32.4 Å². The molecule has 0 bridgehead atoms. The minimum absolute atomic E-state index is 0.0562. The Balaban J connectivity index is 1.26. The maximum absolute atomic E-state index is 12.6. The summed E-state index contributed by atoms with van der Waals surface area (Å²) in [6, 6.07) is 4.33. The fourth-order valence-corrected chi connectivity index (χ4v) is 6.09. The topological polar surface area (TPSA) is 52.2 Å². The summed E-state index contributed by atoms with van der Waals surface area (Å²) in [4.78, 5) is 29.1. The molecule has 0 spiro atoms. The molecule has 0 radical (unpaired) electrons. The lowest BCUT2D eigenvalue weighted by atomic mass is 10.2. The average molecular weight is 387 g/mol. The Kier molecular flexibility index (Phi) is 4.40. The quantitative estimate of drug-likeness (QED) is 0.749. The Labute approximate surface area is 160 Å². The first-order valence-electron chi connectivity index (χ1n) is 9.27. The lowest BCUT2D eigenvalue weighted by molar-refractivity contribution is 0.120. The van der Waals surface area contributed by atoms with Crippen molar-refractivity contribution in [3.05, 3.63) is 49.0 Å². The van der Waals surface area contributed by atoms with Gasteiger partial charge < -0.3 is 4.98 Å². The lowest BCUT2D eigenvalue weighted by Crippen LogP contribution is -2.45. The van der Waals surface area contributed by atoms with E-state index in [1.54, 1.807) is 11.3 Å². The first-order valence-corrected chi connectivity index (χ1v) is 11.0. The Morgan fingerprint density at radius 1 is 1.12 bits per heavy atom. The molecule has 5 nitrogen and oxygen atoms in total. The van der Waals surface area contributed by atoms with Gasteiger partial charge in [0.05, 0.1) is 11.9 Å². The number of thiophene rings is 2. The van der Waals surface area contributed by atoms with Gasteiger partial charge in [-0.1, -0.05) is 6.07 Å². The van der Waals surface area contributed by atoms with Crippen molar-refractivity contribution in [1.29, 1.82) is 0 Å². The molecule has 1 saturated heterocycles. The predicted molar refractivity (Wildman–Crippen MR) is 107 cm³/mol. The number of fused-ring (bicyclic) bond motifs is 3. The molecule has 7 heteroatoms. The Hall–Kier alpha value is -1.54. The van der Waals surface area contributed by atoms with Gasteiger partial charge in [-0.05, 0) is 36.3 Å². The van der Waals surface area contributed by atoms with Gasteiger partial charge in [0.15, 0.2) is 0 Å². The van der Waals surface area contributed by atoms with E-state index in [9.17, 15) is 4.79 Å². The third-order valence-electron chi connectivity index (χ3n) is 5.42. The zero-order valence-corrected chi connectivity index (χ0v) is 16.3. The van der Waals surface area contributed by atoms with Crippen LogP contribution in [0.4, 0.5) is 0 Å². The third kappa shape index (κ3) is 3.13. The molecule has 26 heavy (non-hydrogen) atoms. The number of nitrogens with zero attached hydrogens (tertiary/aromatic N) is 3. The van der Waals surface area contributed by atoms with Crippen LogP contribution < -0.4 is 5.56 Å². The third-order valence-corrected chi connectivity index (χ3v) is 7.47. The fraction of sp³-hybridized carbons (Fsp3) is 0.474. The van der Waals surface area contributed by atoms with E-state index in [1.165, 1.54) is 21.7 Å². The molecular weight excluding hydrogens is 364 g/mol. The smallest absolute Gasteiger partial charge is 0.259 e. The number of H-pyrrole nitrogens is 1. The molecule has 1 aliphatic carbocycles. The van der Waals surface area contributed by atoms with Crippen LogP contribution in [0.25, 0.3) is 10.2 Å². The van der Waals surface area contributed by atoms with Crippen LogP contribution in [0.3, 0.4) is 0 Å². The molecule has 1 fully saturated rings. The molecule has 2 aliphatic rings. The van der Waals surface area contributed by atoms with Crippen LogP contribution in [-0.2, 0) is 25.9 Å². The van der Waals surface area contributed by atoms with Crippen molar-refractivity contribution >= 4 is 32.9 Å². The second kappa shape index (κ2) is 6.88. The van der Waals surface area contributed by atoms with Gasteiger partial charge in [-0.15, -0.1) is 22.7 Å². The number of aryl methyl sites for hydroxylation is 2. The number of hydrogen-bond donors (Lipinski definition) is 1. The van der Waals surface area contributed by atoms with Crippen molar-refractivity contribution in [2.24, 2.45) is 0 Å². The van der Waals surface area contributed by atoms with Crippen LogP contribution in [0.5, 0.6) is 0 Å². The number of piperazine rings is 1. The van der Waals surface area contributed by atoms with Gasteiger partial charge >= 0.3 is 0 Å². The molecule has 3 aromatic rings. The van der Waals surface area contributed by atoms with Crippen molar-refractivity contribution in [1.82, 2.24) is 19.8 Å². The molecule has 4 heterocycles. The molecule has 0 saturated carbocycles. The summed E-state index contributed by atoms with van der Waals surface area (Å²) in [5, 5.41) is 3.00. The fourth-order valence-electron chi connectivity index (χ4n) is 4.06. The minimum Gasteiger partial charge on any atom is -0.309 e. The monoisotopic (exact) mass is 386 g/mol. The highest BCUT2D eigenvalue weighted by Crippen LogP contribution is 2.34. The molecule has 1 N–H and O–H groups in total. The van der Waals surface area contributed by atoms with Crippen LogP contribution in [0, 0.1) is 0 Å². The SMILES string of the molecule is O=c1[nH]c(CN2CCN(Cc3cccs3)CC2)nc2sc3c(c12)CCC3. The zero-order valence-electron chi connectivity index (χ0n) is 14.7. The largest absolute Gasteiger partial charge is 0.309 e. The van der Waals surface area contributed by atoms with Crippen LogP contribution in [0.15, 0.2) is 22.3 Å². The van der Waals surface area contributed by atoms with Gasteiger partial charge in [-0.25, -0.2) is 4.98 Å². The van der Waals surface area contributed by atoms with Crippen LogP contribution in [0.2, 0.25) is 0 Å². The van der Waals surface area contributed by atoms with Gasteiger partial charge in [-0.3, -0.25) is 14.6 Å². The second-order valence-corrected chi connectivity index (χ2v) is 9.30. The summed E-state index contributed by atoms with van der Waals surface area (Å²) in [5.74, 6) is 0.814. The Bertz CT molecular complexity index is 967. The van der Waals surface area contributed by atoms with Crippen LogP contribution in [0.1, 0.15) is 27.6 Å². The minimum atomic E-state index is 0.0562. The lowest BCUT2D eigenvalue weighted by Gasteiger charge is -2.34. The molecule has 5 rings (SSSR count). The van der Waals surface area contributed by atoms with Crippen molar-refractivity contribution < 1.29 is 0 Å². The highest BCUT2D eigenvalue weighted by Gasteiger charge is 2.22. The van der Waals surface area contributed by atoms with Gasteiger partial charge in [0, 0.05) is 42.5 Å². The standard InChI is InChI=1S/C19H22N4OS2/c24-18-17-14-4-1-5-15(14)26-19(17)21-16(20-18)12-23-8-6-22(7-9-23)11-13-3-2-10-25-13/h2-3,10H,1,4-9,11-12H2,(H,20,21,24). The number of aromatic nitrogens is 2. The molecule has 0 amide bonds. The van der Waals surface area contributed by atoms with E-state index >= 15 is 0 Å². The molecule has 1 aliphatic heterocycles. The highest BCUT2D eigenvalue weighted by atomic mass is 32.1. The summed E-state index contributed by atoms with van der Waals surface area (Å²) >= 11 is 3.55. The Morgan fingerprint density at radius 3 is 2.69 bits per heavy atom. The van der Waals surface area contributed by atoms with Gasteiger partial charge in [0.2, 0.25) is 0 Å². The summed E-state index contributed by atoms with van der Waals surface area (Å²) in [7, 11) is 0. The number of nitrogens with one attached hydrogen (secondary N) is 1. The van der Waals surface area contributed by atoms with Crippen molar-refractivity contribution in [3.8, 4) is 0 Å². The van der Waals surface area contributed by atoms with E-state index in [4.69, 9.17) is 4.98 Å². The van der Waals surface area contributed by atoms with E-state index in [-0.39, 0.29) is 5.56 Å². The first kappa shape index (κ1) is 16.6. The van der Waals surface area contributed by atoms with E-state index in [2.05, 4.69) is 32.3 Å². The maximum atomic E-state index is 12.6. The van der Waals surface area contributed by atoms with Crippen molar-refractivity contribution in [3.63, 3.8) is 0 Å². The van der Waals surface area contributed by atoms with Crippen molar-refractivity contribution in [2.75, 3.05) is 26.2 Å². The zero-order chi connectivity index (χ0) is 17.5. The van der Waals surface area contributed by atoms with E-state index < -0.39 is 0 Å². The maximum Gasteiger partial charge on any atom is 0.259 e.